The molecule has 0 bridgehead atoms. The standard InChI is InChI=1S/C22H16N6O.C22H14N4O/c1-3-14-8-9-17-15(11-14)20(16-7-5-6-10-23-16)24-12-18-21(25-13-28(17)18)22-26-19(4-2)27-29-22;1-2-15-8-9-18-16(12-15)21(17-6-3-4-10-23-17)24-13-19-22(25-14-26(18)19)20-7-5-11-27-20/h1,5-11,13H,4,12H2,2H3;1,3-12,14H,13H2. The summed E-state index contributed by atoms with van der Waals surface area (Å²) in [6.45, 7) is 2.83. The summed E-state index contributed by atoms with van der Waals surface area (Å²) in [6, 6.07) is 27.1. The highest BCUT2D eigenvalue weighted by molar-refractivity contribution is 6.15. The van der Waals surface area contributed by atoms with Crippen molar-refractivity contribution < 1.29 is 8.94 Å². The Morgan fingerprint density at radius 2 is 1.27 bits per heavy atom. The van der Waals surface area contributed by atoms with Gasteiger partial charge in [0.25, 0.3) is 5.89 Å². The summed E-state index contributed by atoms with van der Waals surface area (Å²) in [6.07, 6.45) is 20.7. The third kappa shape index (κ3) is 6.07. The molecule has 8 heterocycles. The summed E-state index contributed by atoms with van der Waals surface area (Å²) in [5.41, 5.74) is 11.8. The van der Waals surface area contributed by atoms with Crippen molar-refractivity contribution in [2.24, 2.45) is 9.98 Å². The molecule has 56 heavy (non-hydrogen) atoms. The molecular weight excluding hydrogens is 701 g/mol. The molecule has 2 aromatic carbocycles. The van der Waals surface area contributed by atoms with Crippen LogP contribution in [0.4, 0.5) is 0 Å². The van der Waals surface area contributed by atoms with Gasteiger partial charge in [0.2, 0.25) is 0 Å². The Labute approximate surface area is 321 Å². The fraction of sp³-hybridized carbons (Fsp3) is 0.0909. The van der Waals surface area contributed by atoms with Gasteiger partial charge < -0.3 is 8.94 Å². The molecule has 2 aliphatic heterocycles. The Bertz CT molecular complexity index is 2870. The van der Waals surface area contributed by atoms with Crippen molar-refractivity contribution in [1.82, 2.24) is 39.2 Å². The number of imidazole rings is 2. The quantitative estimate of drug-likeness (QED) is 0.172. The Hall–Kier alpha value is -7.96. The van der Waals surface area contributed by atoms with E-state index in [1.807, 2.05) is 101 Å². The molecule has 0 N–H and O–H groups in total. The van der Waals surface area contributed by atoms with Crippen molar-refractivity contribution in [3.63, 3.8) is 0 Å². The first-order valence-electron chi connectivity index (χ1n) is 17.8. The lowest BCUT2D eigenvalue weighted by atomic mass is 10.0. The van der Waals surface area contributed by atoms with Gasteiger partial charge in [0.1, 0.15) is 18.3 Å². The molecule has 0 aliphatic carbocycles. The summed E-state index contributed by atoms with van der Waals surface area (Å²) in [5.74, 6) is 7.17. The van der Waals surface area contributed by atoms with Crippen molar-refractivity contribution in [1.29, 1.82) is 0 Å². The van der Waals surface area contributed by atoms with Crippen molar-refractivity contribution in [2.75, 3.05) is 0 Å². The van der Waals surface area contributed by atoms with Crippen LogP contribution in [0.25, 0.3) is 34.4 Å². The maximum Gasteiger partial charge on any atom is 0.278 e. The largest absolute Gasteiger partial charge is 0.463 e. The Kier molecular flexibility index (Phi) is 8.74. The normalized spacial score (nSPS) is 12.5. The van der Waals surface area contributed by atoms with Gasteiger partial charge in [-0.05, 0) is 72.8 Å². The SMILES string of the molecule is C#Cc1ccc2c(c1)C(c1ccccn1)=NCc1c(-c3ccco3)ncn1-2.C#Cc1ccc2c(c1)C(c1ccccn1)=NCc1c(-c3nc(CC)no3)ncn1-2. The molecule has 2 aliphatic rings. The third-order valence-corrected chi connectivity index (χ3v) is 9.42. The molecule has 12 heteroatoms. The highest BCUT2D eigenvalue weighted by Crippen LogP contribution is 2.32. The van der Waals surface area contributed by atoms with E-state index >= 15 is 0 Å². The number of nitrogens with zero attached hydrogens (tertiary/aromatic N) is 10. The second-order valence-electron chi connectivity index (χ2n) is 12.7. The van der Waals surface area contributed by atoms with E-state index in [0.717, 1.165) is 79.3 Å². The zero-order valence-electron chi connectivity index (χ0n) is 30.0. The third-order valence-electron chi connectivity index (χ3n) is 9.42. The average Bonchev–Trinajstić information content (AvgIpc) is 4.08. The molecule has 0 atom stereocenters. The molecule has 6 aromatic heterocycles. The fourth-order valence-corrected chi connectivity index (χ4v) is 6.73. The second-order valence-corrected chi connectivity index (χ2v) is 12.7. The van der Waals surface area contributed by atoms with Gasteiger partial charge in [-0.25, -0.2) is 9.97 Å². The molecule has 0 saturated heterocycles. The van der Waals surface area contributed by atoms with Crippen molar-refractivity contribution >= 4 is 11.4 Å². The smallest absolute Gasteiger partial charge is 0.278 e. The molecule has 0 unspecified atom stereocenters. The van der Waals surface area contributed by atoms with E-state index < -0.39 is 0 Å². The summed E-state index contributed by atoms with van der Waals surface area (Å²) >= 11 is 0. The minimum absolute atomic E-state index is 0.394. The molecule has 8 aromatic rings. The van der Waals surface area contributed by atoms with Crippen molar-refractivity contribution in [3.05, 3.63) is 167 Å². The number of terminal acetylenes is 2. The molecule has 0 fully saturated rings. The van der Waals surface area contributed by atoms with Crippen molar-refractivity contribution in [2.45, 2.75) is 26.4 Å². The molecule has 0 radical (unpaired) electrons. The Morgan fingerprint density at radius 3 is 1.77 bits per heavy atom. The van der Waals surface area contributed by atoms with Crippen molar-refractivity contribution in [3.8, 4) is 59.1 Å². The van der Waals surface area contributed by atoms with Gasteiger partial charge in [0.15, 0.2) is 17.3 Å². The Morgan fingerprint density at radius 1 is 0.679 bits per heavy atom. The van der Waals surface area contributed by atoms with Crippen LogP contribution in [0.2, 0.25) is 0 Å². The predicted octanol–water partition coefficient (Wildman–Crippen LogP) is 7.07. The number of rotatable bonds is 5. The zero-order chi connectivity index (χ0) is 38.0. The Balaban J connectivity index is 0.000000147. The molecule has 10 rings (SSSR count). The van der Waals surface area contributed by atoms with Crippen LogP contribution >= 0.6 is 0 Å². The topological polar surface area (TPSA) is 138 Å². The summed E-state index contributed by atoms with van der Waals surface area (Å²) in [5, 5.41) is 3.99. The molecule has 0 saturated carbocycles. The lowest BCUT2D eigenvalue weighted by Crippen LogP contribution is -2.08. The number of hydrogen-bond acceptors (Lipinski definition) is 10. The van der Waals surface area contributed by atoms with E-state index in [9.17, 15) is 0 Å². The van der Waals surface area contributed by atoms with Crippen LogP contribution < -0.4 is 0 Å². The van der Waals surface area contributed by atoms with Crippen LogP contribution in [0.5, 0.6) is 0 Å². The van der Waals surface area contributed by atoms with Crippen LogP contribution in [-0.2, 0) is 19.5 Å². The maximum atomic E-state index is 5.64. The van der Waals surface area contributed by atoms with Gasteiger partial charge >= 0.3 is 0 Å². The van der Waals surface area contributed by atoms with Crippen LogP contribution in [0.3, 0.4) is 0 Å². The van der Waals surface area contributed by atoms with Crippen LogP contribution in [0.1, 0.15) is 57.8 Å². The number of hydrogen-bond donors (Lipinski definition) is 0. The molecular formula is C44H30N10O2. The maximum absolute atomic E-state index is 5.64. The summed E-state index contributed by atoms with van der Waals surface area (Å²) in [4.78, 5) is 32.3. The number of aromatic nitrogens is 8. The number of aliphatic imine (C=N–C) groups is 2. The van der Waals surface area contributed by atoms with Gasteiger partial charge in [-0.15, -0.1) is 12.8 Å². The first kappa shape index (κ1) is 33.8. The molecule has 268 valence electrons. The van der Waals surface area contributed by atoms with Gasteiger partial charge in [-0.1, -0.05) is 36.1 Å². The first-order chi connectivity index (χ1) is 27.6. The lowest BCUT2D eigenvalue weighted by molar-refractivity contribution is 0.422. The average molecular weight is 731 g/mol. The number of aryl methyl sites for hydroxylation is 1. The molecule has 0 amide bonds. The minimum Gasteiger partial charge on any atom is -0.463 e. The second kappa shape index (κ2) is 14.5. The van der Waals surface area contributed by atoms with Crippen LogP contribution in [0.15, 0.2) is 135 Å². The van der Waals surface area contributed by atoms with E-state index in [4.69, 9.17) is 31.8 Å². The number of furan rings is 1. The minimum atomic E-state index is 0.394. The van der Waals surface area contributed by atoms with Crippen LogP contribution in [-0.4, -0.2) is 50.6 Å². The molecule has 12 nitrogen and oxygen atoms in total. The molecule has 0 spiro atoms. The lowest BCUT2D eigenvalue weighted by Gasteiger charge is -2.11. The van der Waals surface area contributed by atoms with Crippen LogP contribution in [0, 0.1) is 24.7 Å². The van der Waals surface area contributed by atoms with Gasteiger partial charge in [0.05, 0.1) is 64.9 Å². The van der Waals surface area contributed by atoms with E-state index in [0.29, 0.717) is 36.9 Å². The summed E-state index contributed by atoms with van der Waals surface area (Å²) in [7, 11) is 0. The number of fused-ring (bicyclic) bond motifs is 6. The number of benzene rings is 2. The van der Waals surface area contributed by atoms with Gasteiger partial charge in [-0.3, -0.25) is 29.1 Å². The van der Waals surface area contributed by atoms with Gasteiger partial charge in [0, 0.05) is 41.1 Å². The number of pyridine rings is 2. The summed E-state index contributed by atoms with van der Waals surface area (Å²) < 4.78 is 15.0. The fourth-order valence-electron chi connectivity index (χ4n) is 6.73. The zero-order valence-corrected chi connectivity index (χ0v) is 30.0. The van der Waals surface area contributed by atoms with E-state index in [-0.39, 0.29) is 0 Å². The predicted molar refractivity (Wildman–Crippen MR) is 211 cm³/mol. The monoisotopic (exact) mass is 730 g/mol. The highest BCUT2D eigenvalue weighted by Gasteiger charge is 2.26. The van der Waals surface area contributed by atoms with E-state index in [1.54, 1.807) is 31.3 Å². The van der Waals surface area contributed by atoms with Gasteiger partial charge in [-0.2, -0.15) is 4.98 Å². The highest BCUT2D eigenvalue weighted by atomic mass is 16.5. The van der Waals surface area contributed by atoms with E-state index in [2.05, 4.69) is 41.9 Å². The first-order valence-corrected chi connectivity index (χ1v) is 17.8. The van der Waals surface area contributed by atoms with E-state index in [1.165, 1.54) is 0 Å².